The first-order valence-electron chi connectivity index (χ1n) is 6.86. The first kappa shape index (κ1) is 13.8. The van der Waals surface area contributed by atoms with Crippen LogP contribution in [0.25, 0.3) is 16.2 Å². The van der Waals surface area contributed by atoms with Gasteiger partial charge in [-0.05, 0) is 43.3 Å². The number of halogens is 1. The standard InChI is InChI=1S/C15H11FN6S/c1-9-2-7-13(20-19-9)17-14-18-15-22(21-14)12(8-23-15)10-3-5-11(16)6-4-10/h2-8H,1H3,(H,17,20,21). The molecular formula is C15H11FN6S. The van der Waals surface area contributed by atoms with Crippen LogP contribution in [0, 0.1) is 12.7 Å². The van der Waals surface area contributed by atoms with Crippen molar-refractivity contribution in [2.24, 2.45) is 0 Å². The van der Waals surface area contributed by atoms with Crippen LogP contribution in [0.2, 0.25) is 0 Å². The van der Waals surface area contributed by atoms with Crippen molar-refractivity contribution in [3.8, 4) is 11.3 Å². The van der Waals surface area contributed by atoms with Crippen molar-refractivity contribution >= 4 is 28.1 Å². The molecule has 0 amide bonds. The van der Waals surface area contributed by atoms with Crippen LogP contribution in [-0.2, 0) is 0 Å². The number of rotatable bonds is 3. The normalized spacial score (nSPS) is 11.0. The summed E-state index contributed by atoms with van der Waals surface area (Å²) in [5, 5.41) is 17.4. The van der Waals surface area contributed by atoms with Gasteiger partial charge >= 0.3 is 0 Å². The fourth-order valence-corrected chi connectivity index (χ4v) is 2.96. The zero-order valence-electron chi connectivity index (χ0n) is 12.1. The predicted octanol–water partition coefficient (Wildman–Crippen LogP) is 3.44. The number of nitrogens with one attached hydrogen (secondary N) is 1. The van der Waals surface area contributed by atoms with Gasteiger partial charge in [-0.3, -0.25) is 0 Å². The van der Waals surface area contributed by atoms with Crippen molar-refractivity contribution in [3.05, 3.63) is 53.3 Å². The molecule has 1 N–H and O–H groups in total. The second kappa shape index (κ2) is 5.40. The topological polar surface area (TPSA) is 68.0 Å². The van der Waals surface area contributed by atoms with Gasteiger partial charge in [0.1, 0.15) is 5.82 Å². The Labute approximate surface area is 134 Å². The number of fused-ring (bicyclic) bond motifs is 1. The Morgan fingerprint density at radius 2 is 1.91 bits per heavy atom. The van der Waals surface area contributed by atoms with Crippen LogP contribution in [0.3, 0.4) is 0 Å². The van der Waals surface area contributed by atoms with Crippen LogP contribution < -0.4 is 5.32 Å². The molecule has 3 aromatic heterocycles. The van der Waals surface area contributed by atoms with E-state index in [1.165, 1.54) is 23.5 Å². The smallest absolute Gasteiger partial charge is 0.249 e. The van der Waals surface area contributed by atoms with Crippen molar-refractivity contribution in [1.82, 2.24) is 24.8 Å². The third kappa shape index (κ3) is 2.64. The summed E-state index contributed by atoms with van der Waals surface area (Å²) in [6.07, 6.45) is 0. The number of nitrogens with zero attached hydrogens (tertiary/aromatic N) is 5. The Hall–Kier alpha value is -2.87. The molecule has 3 heterocycles. The number of aromatic nitrogens is 5. The van der Waals surface area contributed by atoms with Gasteiger partial charge < -0.3 is 5.32 Å². The van der Waals surface area contributed by atoms with E-state index in [-0.39, 0.29) is 5.82 Å². The highest BCUT2D eigenvalue weighted by molar-refractivity contribution is 7.15. The fourth-order valence-electron chi connectivity index (χ4n) is 2.13. The second-order valence-corrected chi connectivity index (χ2v) is 5.78. The fraction of sp³-hybridized carbons (Fsp3) is 0.0667. The summed E-state index contributed by atoms with van der Waals surface area (Å²) in [6.45, 7) is 1.87. The molecule has 1 aromatic carbocycles. The monoisotopic (exact) mass is 326 g/mol. The van der Waals surface area contributed by atoms with E-state index in [4.69, 9.17) is 0 Å². The van der Waals surface area contributed by atoms with E-state index in [2.05, 4.69) is 25.6 Å². The molecule has 0 atom stereocenters. The minimum atomic E-state index is -0.265. The summed E-state index contributed by atoms with van der Waals surface area (Å²) in [7, 11) is 0. The number of aryl methyl sites for hydroxylation is 1. The van der Waals surface area contributed by atoms with Crippen LogP contribution in [0.4, 0.5) is 16.2 Å². The van der Waals surface area contributed by atoms with E-state index in [0.29, 0.717) is 11.8 Å². The van der Waals surface area contributed by atoms with E-state index in [9.17, 15) is 4.39 Å². The number of hydrogen-bond acceptors (Lipinski definition) is 6. The summed E-state index contributed by atoms with van der Waals surface area (Å²) in [5.41, 5.74) is 2.58. The lowest BCUT2D eigenvalue weighted by molar-refractivity contribution is 0.628. The molecule has 0 aliphatic rings. The van der Waals surface area contributed by atoms with Gasteiger partial charge in [0.25, 0.3) is 0 Å². The van der Waals surface area contributed by atoms with Gasteiger partial charge in [0, 0.05) is 10.9 Å². The summed E-state index contributed by atoms with van der Waals surface area (Å²) >= 11 is 1.47. The van der Waals surface area contributed by atoms with Gasteiger partial charge in [-0.2, -0.15) is 10.1 Å². The predicted molar refractivity (Wildman–Crippen MR) is 86.3 cm³/mol. The maximum Gasteiger partial charge on any atom is 0.249 e. The van der Waals surface area contributed by atoms with Crippen molar-refractivity contribution in [2.75, 3.05) is 5.32 Å². The van der Waals surface area contributed by atoms with Crippen LogP contribution in [0.15, 0.2) is 41.8 Å². The average molecular weight is 326 g/mol. The highest BCUT2D eigenvalue weighted by Gasteiger charge is 2.12. The zero-order chi connectivity index (χ0) is 15.8. The Balaban J connectivity index is 1.68. The van der Waals surface area contributed by atoms with Crippen LogP contribution >= 0.6 is 11.3 Å². The van der Waals surface area contributed by atoms with Crippen molar-refractivity contribution < 1.29 is 4.39 Å². The van der Waals surface area contributed by atoms with Gasteiger partial charge in [-0.15, -0.1) is 21.5 Å². The first-order chi connectivity index (χ1) is 11.2. The van der Waals surface area contributed by atoms with Gasteiger partial charge in [-0.1, -0.05) is 0 Å². The molecule has 0 aliphatic carbocycles. The Morgan fingerprint density at radius 1 is 1.09 bits per heavy atom. The minimum Gasteiger partial charge on any atom is -0.306 e. The largest absolute Gasteiger partial charge is 0.306 e. The second-order valence-electron chi connectivity index (χ2n) is 4.94. The molecule has 4 aromatic rings. The van der Waals surface area contributed by atoms with Crippen LogP contribution in [0.5, 0.6) is 0 Å². The third-order valence-corrected chi connectivity index (χ3v) is 4.08. The molecule has 8 heteroatoms. The molecule has 0 bridgehead atoms. The quantitative estimate of drug-likeness (QED) is 0.624. The van der Waals surface area contributed by atoms with E-state index in [0.717, 1.165) is 21.9 Å². The highest BCUT2D eigenvalue weighted by Crippen LogP contribution is 2.26. The molecule has 23 heavy (non-hydrogen) atoms. The SMILES string of the molecule is Cc1ccc(Nc2nc3scc(-c4ccc(F)cc4)n3n2)nn1. The molecule has 114 valence electrons. The number of anilines is 2. The molecule has 0 unspecified atom stereocenters. The molecule has 4 rings (SSSR count). The van der Waals surface area contributed by atoms with Gasteiger partial charge in [0.05, 0.1) is 11.4 Å². The Morgan fingerprint density at radius 3 is 2.65 bits per heavy atom. The lowest BCUT2D eigenvalue weighted by Crippen LogP contribution is -1.98. The van der Waals surface area contributed by atoms with Gasteiger partial charge in [0.15, 0.2) is 5.82 Å². The van der Waals surface area contributed by atoms with Crippen LogP contribution in [-0.4, -0.2) is 24.8 Å². The molecule has 0 fully saturated rings. The highest BCUT2D eigenvalue weighted by atomic mass is 32.1. The average Bonchev–Trinajstić information content (AvgIpc) is 3.11. The van der Waals surface area contributed by atoms with E-state index < -0.39 is 0 Å². The van der Waals surface area contributed by atoms with Gasteiger partial charge in [0.2, 0.25) is 10.9 Å². The zero-order valence-corrected chi connectivity index (χ0v) is 12.9. The minimum absolute atomic E-state index is 0.265. The Kier molecular flexibility index (Phi) is 3.23. The molecule has 0 saturated heterocycles. The summed E-state index contributed by atoms with van der Waals surface area (Å²) < 4.78 is 14.8. The maximum atomic E-state index is 13.1. The summed E-state index contributed by atoms with van der Waals surface area (Å²) in [4.78, 5) is 5.15. The van der Waals surface area contributed by atoms with Crippen LogP contribution in [0.1, 0.15) is 5.69 Å². The number of hydrogen-bond donors (Lipinski definition) is 1. The number of benzene rings is 1. The molecule has 0 radical (unpaired) electrons. The van der Waals surface area contributed by atoms with E-state index in [1.807, 2.05) is 24.4 Å². The third-order valence-electron chi connectivity index (χ3n) is 3.26. The van der Waals surface area contributed by atoms with Crippen molar-refractivity contribution in [3.63, 3.8) is 0 Å². The van der Waals surface area contributed by atoms with Crippen molar-refractivity contribution in [1.29, 1.82) is 0 Å². The van der Waals surface area contributed by atoms with E-state index >= 15 is 0 Å². The first-order valence-corrected chi connectivity index (χ1v) is 7.74. The van der Waals surface area contributed by atoms with Gasteiger partial charge in [-0.25, -0.2) is 8.91 Å². The van der Waals surface area contributed by atoms with Crippen molar-refractivity contribution in [2.45, 2.75) is 6.92 Å². The molecule has 0 spiro atoms. The molecular weight excluding hydrogens is 315 g/mol. The lowest BCUT2D eigenvalue weighted by atomic mass is 10.2. The lowest BCUT2D eigenvalue weighted by Gasteiger charge is -2.00. The maximum absolute atomic E-state index is 13.1. The molecule has 0 saturated carbocycles. The molecule has 0 aliphatic heterocycles. The Bertz CT molecular complexity index is 958. The summed E-state index contributed by atoms with van der Waals surface area (Å²) in [6, 6.07) is 9.97. The van der Waals surface area contributed by atoms with E-state index in [1.54, 1.807) is 16.6 Å². The molecule has 6 nitrogen and oxygen atoms in total. The number of thiazole rings is 1. The summed E-state index contributed by atoms with van der Waals surface area (Å²) in [5.74, 6) is 0.759.